The molecule has 3 rings (SSSR count). The molecule has 30 heavy (non-hydrogen) atoms. The Morgan fingerprint density at radius 3 is 2.60 bits per heavy atom. The van der Waals surface area contributed by atoms with Crippen molar-refractivity contribution in [2.24, 2.45) is 0 Å². The van der Waals surface area contributed by atoms with E-state index in [1.165, 1.54) is 6.08 Å². The Kier molecular flexibility index (Phi) is 7.91. The average molecular weight is 594 g/mol. The Morgan fingerprint density at radius 2 is 1.90 bits per heavy atom. The van der Waals surface area contributed by atoms with Crippen LogP contribution in [0.15, 0.2) is 76.8 Å². The molecule has 0 fully saturated rings. The largest absolute Gasteiger partial charge is 0.488 e. The number of halogens is 3. The Labute approximate surface area is 201 Å². The summed E-state index contributed by atoms with van der Waals surface area (Å²) in [6.07, 6.45) is 1.50. The highest BCUT2D eigenvalue weighted by molar-refractivity contribution is 14.1. The molecule has 1 amide bonds. The third-order valence-electron chi connectivity index (χ3n) is 4.07. The molecule has 150 valence electrons. The lowest BCUT2D eigenvalue weighted by Gasteiger charge is -2.11. The van der Waals surface area contributed by atoms with Crippen LogP contribution < -0.4 is 10.1 Å². The van der Waals surface area contributed by atoms with E-state index in [0.29, 0.717) is 28.6 Å². The molecular weight excluding hydrogens is 579 g/mol. The third kappa shape index (κ3) is 6.08. The topological polar surface area (TPSA) is 62.1 Å². The predicted molar refractivity (Wildman–Crippen MR) is 131 cm³/mol. The fraction of sp³-hybridized carbons (Fsp3) is 0.0435. The van der Waals surface area contributed by atoms with E-state index in [0.717, 1.165) is 13.6 Å². The van der Waals surface area contributed by atoms with Crippen LogP contribution >= 0.6 is 50.1 Å². The lowest BCUT2D eigenvalue weighted by Crippen LogP contribution is -2.13. The summed E-state index contributed by atoms with van der Waals surface area (Å²) >= 11 is 11.8. The van der Waals surface area contributed by atoms with E-state index in [1.54, 1.807) is 36.4 Å². The Hall–Kier alpha value is -2.34. The monoisotopic (exact) mass is 592 g/mol. The first-order valence-electron chi connectivity index (χ1n) is 8.81. The SMILES string of the molecule is N#C/C(=C\c1cc(Br)ccc1OCc1ccc(I)cc1)C(=O)Nc1ccccc1Cl. The van der Waals surface area contributed by atoms with Crippen molar-refractivity contribution in [1.82, 2.24) is 0 Å². The number of nitrogens with one attached hydrogen (secondary N) is 1. The molecule has 0 unspecified atom stereocenters. The molecule has 0 aliphatic rings. The van der Waals surface area contributed by atoms with E-state index in [1.807, 2.05) is 36.4 Å². The summed E-state index contributed by atoms with van der Waals surface area (Å²) in [4.78, 5) is 12.6. The highest BCUT2D eigenvalue weighted by Crippen LogP contribution is 2.27. The van der Waals surface area contributed by atoms with Gasteiger partial charge in [-0.2, -0.15) is 5.26 Å². The van der Waals surface area contributed by atoms with Crippen LogP contribution in [0.5, 0.6) is 5.75 Å². The minimum absolute atomic E-state index is 0.0628. The average Bonchev–Trinajstić information content (AvgIpc) is 2.74. The van der Waals surface area contributed by atoms with Crippen LogP contribution in [-0.2, 0) is 11.4 Å². The van der Waals surface area contributed by atoms with Gasteiger partial charge in [0, 0.05) is 13.6 Å². The maximum atomic E-state index is 12.6. The number of ether oxygens (including phenoxy) is 1. The summed E-state index contributed by atoms with van der Waals surface area (Å²) < 4.78 is 7.90. The number of nitriles is 1. The van der Waals surface area contributed by atoms with Crippen LogP contribution in [0.3, 0.4) is 0 Å². The molecule has 3 aromatic rings. The van der Waals surface area contributed by atoms with Gasteiger partial charge in [0.1, 0.15) is 24.0 Å². The molecule has 0 bridgehead atoms. The van der Waals surface area contributed by atoms with Crippen LogP contribution in [0.2, 0.25) is 5.02 Å². The van der Waals surface area contributed by atoms with Gasteiger partial charge in [0.15, 0.2) is 0 Å². The minimum Gasteiger partial charge on any atom is -0.488 e. The zero-order valence-corrected chi connectivity index (χ0v) is 20.0. The zero-order chi connectivity index (χ0) is 21.5. The fourth-order valence-electron chi connectivity index (χ4n) is 2.56. The van der Waals surface area contributed by atoms with Gasteiger partial charge in [-0.15, -0.1) is 0 Å². The van der Waals surface area contributed by atoms with Gasteiger partial charge < -0.3 is 10.1 Å². The van der Waals surface area contributed by atoms with Crippen molar-refractivity contribution in [3.63, 3.8) is 0 Å². The second-order valence-electron chi connectivity index (χ2n) is 6.20. The van der Waals surface area contributed by atoms with Crippen LogP contribution in [0.25, 0.3) is 6.08 Å². The highest BCUT2D eigenvalue weighted by atomic mass is 127. The number of carbonyl (C=O) groups is 1. The predicted octanol–water partition coefficient (Wildman–Crippen LogP) is 6.83. The van der Waals surface area contributed by atoms with Crippen molar-refractivity contribution in [3.05, 3.63) is 96.5 Å². The normalized spacial score (nSPS) is 10.9. The molecule has 0 saturated heterocycles. The smallest absolute Gasteiger partial charge is 0.266 e. The van der Waals surface area contributed by atoms with Crippen LogP contribution in [0.1, 0.15) is 11.1 Å². The number of hydrogen-bond acceptors (Lipinski definition) is 3. The van der Waals surface area contributed by atoms with Crippen LogP contribution in [0, 0.1) is 14.9 Å². The van der Waals surface area contributed by atoms with Crippen molar-refractivity contribution >= 4 is 67.8 Å². The molecule has 0 aliphatic heterocycles. The molecule has 1 N–H and O–H groups in total. The maximum Gasteiger partial charge on any atom is 0.266 e. The van der Waals surface area contributed by atoms with Crippen molar-refractivity contribution in [2.45, 2.75) is 6.61 Å². The lowest BCUT2D eigenvalue weighted by atomic mass is 10.1. The second kappa shape index (κ2) is 10.6. The summed E-state index contributed by atoms with van der Waals surface area (Å²) in [6, 6.07) is 22.2. The summed E-state index contributed by atoms with van der Waals surface area (Å²) in [5.41, 5.74) is 2.01. The second-order valence-corrected chi connectivity index (χ2v) is 8.77. The summed E-state index contributed by atoms with van der Waals surface area (Å²) in [6.45, 7) is 0.368. The Balaban J connectivity index is 1.83. The third-order valence-corrected chi connectivity index (χ3v) is 5.61. The number of rotatable bonds is 6. The molecule has 0 radical (unpaired) electrons. The number of carbonyl (C=O) groups excluding carboxylic acids is 1. The van der Waals surface area contributed by atoms with Gasteiger partial charge in [0.05, 0.1) is 10.7 Å². The first kappa shape index (κ1) is 22.3. The first-order chi connectivity index (χ1) is 14.5. The van der Waals surface area contributed by atoms with Gasteiger partial charge in [0.25, 0.3) is 5.91 Å². The zero-order valence-electron chi connectivity index (χ0n) is 15.5. The summed E-state index contributed by atoms with van der Waals surface area (Å²) in [7, 11) is 0. The Bertz CT molecular complexity index is 1140. The van der Waals surface area contributed by atoms with Gasteiger partial charge in [-0.3, -0.25) is 4.79 Å². The minimum atomic E-state index is -0.547. The molecule has 4 nitrogen and oxygen atoms in total. The lowest BCUT2D eigenvalue weighted by molar-refractivity contribution is -0.112. The molecule has 0 spiro atoms. The number of nitrogens with zero attached hydrogens (tertiary/aromatic N) is 1. The fourth-order valence-corrected chi connectivity index (χ4v) is 3.48. The molecule has 0 saturated carbocycles. The van der Waals surface area contributed by atoms with Crippen molar-refractivity contribution in [1.29, 1.82) is 5.26 Å². The highest BCUT2D eigenvalue weighted by Gasteiger charge is 2.13. The molecule has 0 aromatic heterocycles. The summed E-state index contributed by atoms with van der Waals surface area (Å²) in [5, 5.41) is 12.6. The first-order valence-corrected chi connectivity index (χ1v) is 11.1. The van der Waals surface area contributed by atoms with E-state index >= 15 is 0 Å². The molecular formula is C23H15BrClIN2O2. The number of anilines is 1. The number of benzene rings is 3. The van der Waals surface area contributed by atoms with Crippen LogP contribution in [0.4, 0.5) is 5.69 Å². The molecule has 0 heterocycles. The van der Waals surface area contributed by atoms with E-state index in [2.05, 4.69) is 43.8 Å². The molecule has 0 aliphatic carbocycles. The van der Waals surface area contributed by atoms with Crippen LogP contribution in [-0.4, -0.2) is 5.91 Å². The maximum absolute atomic E-state index is 12.6. The van der Waals surface area contributed by atoms with E-state index in [9.17, 15) is 10.1 Å². The van der Waals surface area contributed by atoms with Crippen molar-refractivity contribution in [2.75, 3.05) is 5.32 Å². The quantitative estimate of drug-likeness (QED) is 0.194. The number of para-hydroxylation sites is 1. The van der Waals surface area contributed by atoms with E-state index < -0.39 is 5.91 Å². The summed E-state index contributed by atoms with van der Waals surface area (Å²) in [5.74, 6) is 0.0178. The van der Waals surface area contributed by atoms with Gasteiger partial charge >= 0.3 is 0 Å². The van der Waals surface area contributed by atoms with Crippen molar-refractivity contribution < 1.29 is 9.53 Å². The number of amides is 1. The van der Waals surface area contributed by atoms with E-state index in [4.69, 9.17) is 16.3 Å². The molecule has 0 atom stereocenters. The molecule has 7 heteroatoms. The van der Waals surface area contributed by atoms with Gasteiger partial charge in [-0.05, 0) is 76.7 Å². The van der Waals surface area contributed by atoms with Crippen molar-refractivity contribution in [3.8, 4) is 11.8 Å². The molecule has 3 aromatic carbocycles. The number of hydrogen-bond donors (Lipinski definition) is 1. The standard InChI is InChI=1S/C23H15BrClIN2O2/c24-18-7-10-22(30-14-15-5-8-19(26)9-6-15)16(12-18)11-17(13-27)23(29)28-21-4-2-1-3-20(21)25/h1-12H,14H2,(H,28,29)/b17-11+. The Morgan fingerprint density at radius 1 is 1.17 bits per heavy atom. The van der Waals surface area contributed by atoms with Gasteiger partial charge in [0.2, 0.25) is 0 Å². The van der Waals surface area contributed by atoms with Gasteiger partial charge in [-0.1, -0.05) is 51.8 Å². The van der Waals surface area contributed by atoms with E-state index in [-0.39, 0.29) is 5.57 Å². The van der Waals surface area contributed by atoms with Gasteiger partial charge in [-0.25, -0.2) is 0 Å².